The number of hydrogen-bond acceptors (Lipinski definition) is 5. The van der Waals surface area contributed by atoms with Crippen LogP contribution in [-0.2, 0) is 20.6 Å². The molecular weight excluding hydrogens is 360 g/mol. The number of aryl methyl sites for hydroxylation is 2. The van der Waals surface area contributed by atoms with Gasteiger partial charge in [0.25, 0.3) is 5.56 Å². The molecule has 0 saturated carbocycles. The summed E-state index contributed by atoms with van der Waals surface area (Å²) in [5, 5.41) is -0.0433. The minimum absolute atomic E-state index is 0.0433. The van der Waals surface area contributed by atoms with E-state index in [2.05, 4.69) is 4.98 Å². The van der Waals surface area contributed by atoms with E-state index in [1.54, 1.807) is 12.1 Å². The van der Waals surface area contributed by atoms with E-state index in [0.717, 1.165) is 10.1 Å². The van der Waals surface area contributed by atoms with Crippen molar-refractivity contribution in [2.75, 3.05) is 7.11 Å². The van der Waals surface area contributed by atoms with Gasteiger partial charge in [-0.2, -0.15) is 4.98 Å². The molecule has 9 heteroatoms. The maximum atomic E-state index is 12.8. The highest BCUT2D eigenvalue weighted by Crippen LogP contribution is 2.22. The number of Topliss-reactive ketones (excluding diaryl/α,β-unsaturated/α-hetero) is 1. The molecule has 0 bridgehead atoms. The van der Waals surface area contributed by atoms with E-state index in [9.17, 15) is 14.4 Å². The number of nitrogens with zero attached hydrogens (tertiary/aromatic N) is 4. The molecular formula is C17H17ClN4O4. The summed E-state index contributed by atoms with van der Waals surface area (Å²) < 4.78 is 8.73. The monoisotopic (exact) mass is 376 g/mol. The van der Waals surface area contributed by atoms with Gasteiger partial charge in [-0.25, -0.2) is 4.79 Å². The van der Waals surface area contributed by atoms with Crippen molar-refractivity contribution in [2.45, 2.75) is 13.5 Å². The number of imidazole rings is 1. The van der Waals surface area contributed by atoms with Gasteiger partial charge in [-0.1, -0.05) is 11.6 Å². The molecule has 0 N–H and O–H groups in total. The fourth-order valence-electron chi connectivity index (χ4n) is 2.83. The molecule has 0 radical (unpaired) electrons. The number of hydrogen-bond donors (Lipinski definition) is 0. The lowest BCUT2D eigenvalue weighted by Crippen LogP contribution is -2.37. The van der Waals surface area contributed by atoms with Gasteiger partial charge in [0.15, 0.2) is 16.9 Å². The van der Waals surface area contributed by atoms with Crippen LogP contribution in [0, 0.1) is 6.92 Å². The second-order valence-electron chi connectivity index (χ2n) is 5.97. The second-order valence-corrected chi connectivity index (χ2v) is 6.31. The van der Waals surface area contributed by atoms with Gasteiger partial charge in [-0.05, 0) is 30.7 Å². The van der Waals surface area contributed by atoms with Crippen LogP contribution in [0.25, 0.3) is 11.2 Å². The molecule has 0 aliphatic heterocycles. The highest BCUT2D eigenvalue weighted by molar-refractivity contribution is 6.29. The smallest absolute Gasteiger partial charge is 0.332 e. The Labute approximate surface area is 153 Å². The molecule has 3 rings (SSSR count). The van der Waals surface area contributed by atoms with Crippen LogP contribution < -0.4 is 16.0 Å². The van der Waals surface area contributed by atoms with Crippen LogP contribution in [0.4, 0.5) is 0 Å². The molecule has 0 aliphatic carbocycles. The van der Waals surface area contributed by atoms with E-state index in [4.69, 9.17) is 16.3 Å². The van der Waals surface area contributed by atoms with E-state index in [-0.39, 0.29) is 28.8 Å². The lowest BCUT2D eigenvalue weighted by molar-refractivity contribution is 0.0970. The Bertz CT molecular complexity index is 1160. The van der Waals surface area contributed by atoms with E-state index < -0.39 is 11.2 Å². The van der Waals surface area contributed by atoms with E-state index in [1.807, 2.05) is 13.0 Å². The standard InChI is InChI=1S/C17H17ClN4O4/c1-9-5-6-12(26-4)10(7-9)11(23)8-22-13-14(19-16(22)18)20(2)17(25)21(3)15(13)24/h5-7H,8H2,1-4H3. The van der Waals surface area contributed by atoms with Crippen LogP contribution in [0.5, 0.6) is 5.75 Å². The Morgan fingerprint density at radius 2 is 1.92 bits per heavy atom. The van der Waals surface area contributed by atoms with Crippen LogP contribution in [0.1, 0.15) is 15.9 Å². The molecule has 3 aromatic rings. The van der Waals surface area contributed by atoms with Gasteiger partial charge in [0.05, 0.1) is 19.2 Å². The number of halogens is 1. The Kier molecular flexibility index (Phi) is 4.45. The zero-order valence-corrected chi connectivity index (χ0v) is 15.5. The number of carbonyl (C=O) groups is 1. The Morgan fingerprint density at radius 3 is 2.58 bits per heavy atom. The molecule has 8 nitrogen and oxygen atoms in total. The van der Waals surface area contributed by atoms with Crippen molar-refractivity contribution in [3.63, 3.8) is 0 Å². The third kappa shape index (κ3) is 2.72. The van der Waals surface area contributed by atoms with Crippen molar-refractivity contribution < 1.29 is 9.53 Å². The number of ketones is 1. The first-order chi connectivity index (χ1) is 12.3. The fourth-order valence-corrected chi connectivity index (χ4v) is 3.06. The van der Waals surface area contributed by atoms with Gasteiger partial charge in [0.2, 0.25) is 5.28 Å². The van der Waals surface area contributed by atoms with Gasteiger partial charge in [-0.15, -0.1) is 0 Å². The number of methoxy groups -OCH3 is 1. The number of carbonyl (C=O) groups excluding carboxylic acids is 1. The average molecular weight is 377 g/mol. The maximum absolute atomic E-state index is 12.8. The molecule has 2 heterocycles. The SMILES string of the molecule is COc1ccc(C)cc1C(=O)Cn1c(Cl)nc2c1c(=O)n(C)c(=O)n2C. The second kappa shape index (κ2) is 6.45. The number of rotatable bonds is 4. The summed E-state index contributed by atoms with van der Waals surface area (Å²) in [6.07, 6.45) is 0. The number of benzene rings is 1. The van der Waals surface area contributed by atoms with Crippen LogP contribution >= 0.6 is 11.6 Å². The summed E-state index contributed by atoms with van der Waals surface area (Å²) in [5.41, 5.74) is 0.426. The molecule has 1 aromatic carbocycles. The van der Waals surface area contributed by atoms with Gasteiger partial charge >= 0.3 is 5.69 Å². The first kappa shape index (κ1) is 17.9. The zero-order valence-electron chi connectivity index (χ0n) is 14.7. The summed E-state index contributed by atoms with van der Waals surface area (Å²) in [4.78, 5) is 41.5. The average Bonchev–Trinajstić information content (AvgIpc) is 2.94. The highest BCUT2D eigenvalue weighted by Gasteiger charge is 2.21. The Balaban J connectivity index is 2.18. The minimum atomic E-state index is -0.563. The predicted octanol–water partition coefficient (Wildman–Crippen LogP) is 1.29. The Morgan fingerprint density at radius 1 is 1.23 bits per heavy atom. The van der Waals surface area contributed by atoms with Crippen molar-refractivity contribution in [3.05, 3.63) is 55.4 Å². The quantitative estimate of drug-likeness (QED) is 0.505. The molecule has 0 spiro atoms. The third-order valence-corrected chi connectivity index (χ3v) is 4.55. The molecule has 0 aliphatic rings. The molecule has 26 heavy (non-hydrogen) atoms. The van der Waals surface area contributed by atoms with E-state index in [1.165, 1.54) is 30.3 Å². The summed E-state index contributed by atoms with van der Waals surface area (Å²) >= 11 is 6.16. The highest BCUT2D eigenvalue weighted by atomic mass is 35.5. The molecule has 136 valence electrons. The molecule has 0 unspecified atom stereocenters. The summed E-state index contributed by atoms with van der Waals surface area (Å²) in [5.74, 6) is 0.143. The third-order valence-electron chi connectivity index (χ3n) is 4.26. The van der Waals surface area contributed by atoms with Gasteiger partial charge in [0, 0.05) is 14.1 Å². The van der Waals surface area contributed by atoms with Crippen molar-refractivity contribution in [3.8, 4) is 5.75 Å². The first-order valence-electron chi connectivity index (χ1n) is 7.75. The zero-order chi connectivity index (χ0) is 19.2. The molecule has 2 aromatic heterocycles. The van der Waals surface area contributed by atoms with Crippen LogP contribution in [0.3, 0.4) is 0 Å². The van der Waals surface area contributed by atoms with Crippen molar-refractivity contribution in [1.82, 2.24) is 18.7 Å². The van der Waals surface area contributed by atoms with Crippen LogP contribution in [0.15, 0.2) is 27.8 Å². The maximum Gasteiger partial charge on any atom is 0.332 e. The van der Waals surface area contributed by atoms with Gasteiger partial charge < -0.3 is 9.30 Å². The Hall–Kier alpha value is -2.87. The fraction of sp³-hybridized carbons (Fsp3) is 0.294. The number of ether oxygens (including phenoxy) is 1. The lowest BCUT2D eigenvalue weighted by atomic mass is 10.1. The normalized spacial score (nSPS) is 11.1. The molecule has 0 atom stereocenters. The van der Waals surface area contributed by atoms with Crippen molar-refractivity contribution in [2.24, 2.45) is 14.1 Å². The topological polar surface area (TPSA) is 88.1 Å². The van der Waals surface area contributed by atoms with Crippen LogP contribution in [0.2, 0.25) is 5.28 Å². The van der Waals surface area contributed by atoms with E-state index in [0.29, 0.717) is 11.3 Å². The van der Waals surface area contributed by atoms with Gasteiger partial charge in [0.1, 0.15) is 5.75 Å². The number of aromatic nitrogens is 4. The molecule has 0 amide bonds. The summed E-state index contributed by atoms with van der Waals surface area (Å²) in [7, 11) is 4.33. The van der Waals surface area contributed by atoms with Crippen LogP contribution in [-0.4, -0.2) is 31.6 Å². The minimum Gasteiger partial charge on any atom is -0.496 e. The molecule has 0 saturated heterocycles. The number of fused-ring (bicyclic) bond motifs is 1. The van der Waals surface area contributed by atoms with Crippen molar-refractivity contribution >= 4 is 28.5 Å². The lowest BCUT2D eigenvalue weighted by Gasteiger charge is -2.10. The van der Waals surface area contributed by atoms with Crippen molar-refractivity contribution in [1.29, 1.82) is 0 Å². The summed E-state index contributed by atoms with van der Waals surface area (Å²) in [6.45, 7) is 1.66. The first-order valence-corrected chi connectivity index (χ1v) is 8.13. The molecule has 0 fully saturated rings. The summed E-state index contributed by atoms with van der Waals surface area (Å²) in [6, 6.07) is 5.25. The largest absolute Gasteiger partial charge is 0.496 e. The predicted molar refractivity (Wildman–Crippen MR) is 97.3 cm³/mol. The van der Waals surface area contributed by atoms with Gasteiger partial charge in [-0.3, -0.25) is 18.7 Å². The van der Waals surface area contributed by atoms with E-state index >= 15 is 0 Å².